The number of hydrogen-bond donors (Lipinski definition) is 1. The molecule has 0 atom stereocenters. The van der Waals surface area contributed by atoms with Crippen LogP contribution in [0, 0.1) is 0 Å². The Morgan fingerprint density at radius 2 is 2.18 bits per heavy atom. The molecule has 0 saturated heterocycles. The Kier molecular flexibility index (Phi) is 2.68. The normalized spacial score (nSPS) is 21.5. The topological polar surface area (TPSA) is 23.5 Å². The average Bonchev–Trinajstić information content (AvgIpc) is 2.80. The van der Waals surface area contributed by atoms with E-state index in [0.29, 0.717) is 6.61 Å². The molecule has 0 radical (unpaired) electrons. The van der Waals surface area contributed by atoms with Gasteiger partial charge in [0.15, 0.2) is 0 Å². The smallest absolute Gasteiger partial charge is 0.0615 e. The van der Waals surface area contributed by atoms with Crippen LogP contribution in [-0.2, 0) is 0 Å². The van der Waals surface area contributed by atoms with Crippen molar-refractivity contribution in [3.8, 4) is 0 Å². The van der Waals surface area contributed by atoms with Gasteiger partial charge in [0.25, 0.3) is 0 Å². The van der Waals surface area contributed by atoms with Gasteiger partial charge in [-0.05, 0) is 26.8 Å². The van der Waals surface area contributed by atoms with Crippen molar-refractivity contribution in [2.24, 2.45) is 0 Å². The largest absolute Gasteiger partial charge is 0.394 e. The maximum Gasteiger partial charge on any atom is 0.0615 e. The van der Waals surface area contributed by atoms with Crippen LogP contribution in [0.4, 0.5) is 0 Å². The lowest BCUT2D eigenvalue weighted by Gasteiger charge is -2.24. The highest BCUT2D eigenvalue weighted by Crippen LogP contribution is 2.39. The first-order valence-electron chi connectivity index (χ1n) is 4.18. The van der Waals surface area contributed by atoms with E-state index < -0.39 is 0 Å². The summed E-state index contributed by atoms with van der Waals surface area (Å²) in [6.45, 7) is 3.28. The zero-order chi connectivity index (χ0) is 8.32. The van der Waals surface area contributed by atoms with E-state index in [2.05, 4.69) is 18.0 Å². The van der Waals surface area contributed by atoms with Gasteiger partial charge in [0, 0.05) is 12.1 Å². The van der Waals surface area contributed by atoms with Gasteiger partial charge in [-0.1, -0.05) is 12.2 Å². The number of aliphatic hydroxyl groups is 1. The standard InChI is InChI=1S/C9H17NO/c1-3-4-7-10(2)9(8-11)5-6-9/h3-4,11H,5-8H2,1-2H3/b4-3+. The molecule has 1 aliphatic carbocycles. The van der Waals surface area contributed by atoms with E-state index in [1.165, 1.54) is 0 Å². The zero-order valence-corrected chi connectivity index (χ0v) is 7.38. The van der Waals surface area contributed by atoms with Crippen LogP contribution in [0.3, 0.4) is 0 Å². The summed E-state index contributed by atoms with van der Waals surface area (Å²) in [5.41, 5.74) is 0.138. The van der Waals surface area contributed by atoms with Crippen molar-refractivity contribution >= 4 is 0 Å². The van der Waals surface area contributed by atoms with Crippen LogP contribution in [0.2, 0.25) is 0 Å². The van der Waals surface area contributed by atoms with Crippen LogP contribution >= 0.6 is 0 Å². The van der Waals surface area contributed by atoms with Crippen molar-refractivity contribution < 1.29 is 5.11 Å². The molecule has 0 unspecified atom stereocenters. The van der Waals surface area contributed by atoms with Crippen LogP contribution in [0.25, 0.3) is 0 Å². The molecule has 0 spiro atoms. The predicted octanol–water partition coefficient (Wildman–Crippen LogP) is 1.02. The van der Waals surface area contributed by atoms with Crippen LogP contribution in [-0.4, -0.2) is 35.7 Å². The van der Waals surface area contributed by atoms with E-state index in [4.69, 9.17) is 5.11 Å². The molecule has 0 bridgehead atoms. The maximum absolute atomic E-state index is 9.06. The molecule has 2 nitrogen and oxygen atoms in total. The van der Waals surface area contributed by atoms with Gasteiger partial charge in [0.1, 0.15) is 0 Å². The molecule has 1 saturated carbocycles. The van der Waals surface area contributed by atoms with Crippen LogP contribution in [0.15, 0.2) is 12.2 Å². The number of likely N-dealkylation sites (N-methyl/N-ethyl adjacent to an activating group) is 1. The summed E-state index contributed by atoms with van der Waals surface area (Å²) in [4.78, 5) is 2.23. The number of allylic oxidation sites excluding steroid dienone is 1. The molecule has 0 aliphatic heterocycles. The van der Waals surface area contributed by atoms with Crippen molar-refractivity contribution in [1.29, 1.82) is 0 Å². The first-order valence-corrected chi connectivity index (χ1v) is 4.18. The maximum atomic E-state index is 9.06. The number of nitrogens with zero attached hydrogens (tertiary/aromatic N) is 1. The minimum Gasteiger partial charge on any atom is -0.394 e. The second-order valence-corrected chi connectivity index (χ2v) is 3.33. The Bertz CT molecular complexity index is 150. The van der Waals surface area contributed by atoms with Crippen LogP contribution in [0.1, 0.15) is 19.8 Å². The third kappa shape index (κ3) is 1.82. The molecule has 11 heavy (non-hydrogen) atoms. The monoisotopic (exact) mass is 155 g/mol. The lowest BCUT2D eigenvalue weighted by Crippen LogP contribution is -2.36. The first kappa shape index (κ1) is 8.75. The van der Waals surface area contributed by atoms with Crippen molar-refractivity contribution in [1.82, 2.24) is 4.90 Å². The molecule has 0 aromatic carbocycles. The fourth-order valence-corrected chi connectivity index (χ4v) is 1.26. The predicted molar refractivity (Wildman–Crippen MR) is 46.5 cm³/mol. The van der Waals surface area contributed by atoms with Gasteiger partial charge in [-0.2, -0.15) is 0 Å². The lowest BCUT2D eigenvalue weighted by molar-refractivity contribution is 0.140. The molecule has 0 heterocycles. The van der Waals surface area contributed by atoms with Gasteiger partial charge in [-0.3, -0.25) is 4.90 Å². The quantitative estimate of drug-likeness (QED) is 0.613. The number of aliphatic hydroxyl groups excluding tert-OH is 1. The summed E-state index contributed by atoms with van der Waals surface area (Å²) in [5.74, 6) is 0. The number of hydrogen-bond acceptors (Lipinski definition) is 2. The summed E-state index contributed by atoms with van der Waals surface area (Å²) in [5, 5.41) is 9.06. The molecule has 1 N–H and O–H groups in total. The third-order valence-electron chi connectivity index (χ3n) is 2.55. The van der Waals surface area contributed by atoms with Crippen LogP contribution in [0.5, 0.6) is 0 Å². The van der Waals surface area contributed by atoms with E-state index in [0.717, 1.165) is 19.4 Å². The number of rotatable bonds is 4. The summed E-state index contributed by atoms with van der Waals surface area (Å²) in [6.07, 6.45) is 6.47. The van der Waals surface area contributed by atoms with Crippen molar-refractivity contribution in [2.45, 2.75) is 25.3 Å². The van der Waals surface area contributed by atoms with Crippen molar-refractivity contribution in [3.05, 3.63) is 12.2 Å². The average molecular weight is 155 g/mol. The first-order chi connectivity index (χ1) is 5.25. The molecular weight excluding hydrogens is 138 g/mol. The SMILES string of the molecule is C/C=C/CN(C)C1(CO)CC1. The van der Waals surface area contributed by atoms with Crippen molar-refractivity contribution in [3.63, 3.8) is 0 Å². The molecule has 0 amide bonds. The molecular formula is C9H17NO. The molecule has 0 aromatic heterocycles. The summed E-state index contributed by atoms with van der Waals surface area (Å²) in [7, 11) is 2.07. The highest BCUT2D eigenvalue weighted by atomic mass is 16.3. The molecule has 1 aliphatic rings. The molecule has 1 rings (SSSR count). The van der Waals surface area contributed by atoms with Gasteiger partial charge < -0.3 is 5.11 Å². The molecule has 64 valence electrons. The van der Waals surface area contributed by atoms with Gasteiger partial charge >= 0.3 is 0 Å². The highest BCUT2D eigenvalue weighted by molar-refractivity contribution is 5.03. The van der Waals surface area contributed by atoms with Gasteiger partial charge in [0.2, 0.25) is 0 Å². The second kappa shape index (κ2) is 3.37. The second-order valence-electron chi connectivity index (χ2n) is 3.33. The molecule has 1 fully saturated rings. The molecule has 2 heteroatoms. The van der Waals surface area contributed by atoms with Gasteiger partial charge in [-0.15, -0.1) is 0 Å². The summed E-state index contributed by atoms with van der Waals surface area (Å²) in [6, 6.07) is 0. The summed E-state index contributed by atoms with van der Waals surface area (Å²) < 4.78 is 0. The Balaban J connectivity index is 2.34. The van der Waals surface area contributed by atoms with E-state index in [-0.39, 0.29) is 5.54 Å². The highest BCUT2D eigenvalue weighted by Gasteiger charge is 2.45. The minimum absolute atomic E-state index is 0.138. The fourth-order valence-electron chi connectivity index (χ4n) is 1.26. The summed E-state index contributed by atoms with van der Waals surface area (Å²) >= 11 is 0. The Morgan fingerprint density at radius 1 is 1.55 bits per heavy atom. The van der Waals surface area contributed by atoms with Crippen molar-refractivity contribution in [2.75, 3.05) is 20.2 Å². The van der Waals surface area contributed by atoms with E-state index in [1.54, 1.807) is 0 Å². The van der Waals surface area contributed by atoms with E-state index in [1.807, 2.05) is 13.0 Å². The molecule has 0 aromatic rings. The zero-order valence-electron chi connectivity index (χ0n) is 7.38. The minimum atomic E-state index is 0.138. The lowest BCUT2D eigenvalue weighted by atomic mass is 10.2. The Morgan fingerprint density at radius 3 is 2.55 bits per heavy atom. The Labute approximate surface area is 68.5 Å². The van der Waals surface area contributed by atoms with E-state index >= 15 is 0 Å². The van der Waals surface area contributed by atoms with Gasteiger partial charge in [0.05, 0.1) is 6.61 Å². The van der Waals surface area contributed by atoms with E-state index in [9.17, 15) is 0 Å². The Hall–Kier alpha value is -0.340. The van der Waals surface area contributed by atoms with Gasteiger partial charge in [-0.25, -0.2) is 0 Å². The van der Waals surface area contributed by atoms with Crippen LogP contribution < -0.4 is 0 Å². The third-order valence-corrected chi connectivity index (χ3v) is 2.55. The fraction of sp³-hybridized carbons (Fsp3) is 0.778.